The fraction of sp³-hybridized carbons (Fsp3) is 0.276. The van der Waals surface area contributed by atoms with Crippen LogP contribution in [0.5, 0.6) is 0 Å². The smallest absolute Gasteiger partial charge is 0.238 e. The molecule has 2 amide bonds. The first-order chi connectivity index (χ1) is 17.5. The van der Waals surface area contributed by atoms with Crippen molar-refractivity contribution in [1.82, 2.24) is 9.80 Å². The molecule has 0 radical (unpaired) electrons. The van der Waals surface area contributed by atoms with Gasteiger partial charge in [0, 0.05) is 43.0 Å². The minimum absolute atomic E-state index is 0.0261. The van der Waals surface area contributed by atoms with Crippen LogP contribution in [0.2, 0.25) is 0 Å². The number of para-hydroxylation sites is 2. The van der Waals surface area contributed by atoms with Crippen molar-refractivity contribution >= 4 is 29.0 Å². The molecule has 0 aliphatic carbocycles. The van der Waals surface area contributed by atoms with E-state index in [-0.39, 0.29) is 24.1 Å². The van der Waals surface area contributed by atoms with E-state index in [1.807, 2.05) is 42.5 Å². The Morgan fingerprint density at radius 2 is 1.17 bits per heavy atom. The van der Waals surface area contributed by atoms with E-state index in [0.29, 0.717) is 49.5 Å². The molecule has 36 heavy (non-hydrogen) atoms. The van der Waals surface area contributed by atoms with E-state index in [9.17, 15) is 14.4 Å². The van der Waals surface area contributed by atoms with Crippen LogP contribution in [0.25, 0.3) is 0 Å². The highest BCUT2D eigenvalue weighted by molar-refractivity contribution is 6.13. The second kappa shape index (κ2) is 12.2. The molecular weight excluding hydrogens is 452 g/mol. The Hall–Kier alpha value is -3.81. The zero-order valence-corrected chi connectivity index (χ0v) is 20.6. The minimum Gasteiger partial charge on any atom is -0.325 e. The third-order valence-corrected chi connectivity index (χ3v) is 6.35. The minimum atomic E-state index is -0.161. The molecule has 186 valence electrons. The predicted octanol–water partition coefficient (Wildman–Crippen LogP) is 3.67. The summed E-state index contributed by atoms with van der Waals surface area (Å²) in [6.45, 7) is 5.43. The first-order valence-electron chi connectivity index (χ1n) is 12.3. The van der Waals surface area contributed by atoms with Crippen LogP contribution in [0.15, 0.2) is 78.9 Å². The van der Waals surface area contributed by atoms with Gasteiger partial charge in [0.2, 0.25) is 11.8 Å². The van der Waals surface area contributed by atoms with Gasteiger partial charge in [-0.05, 0) is 30.2 Å². The molecule has 3 aromatic rings. The molecule has 0 aromatic heterocycles. The lowest BCUT2D eigenvalue weighted by atomic mass is 10.0. The van der Waals surface area contributed by atoms with Gasteiger partial charge < -0.3 is 10.6 Å². The van der Waals surface area contributed by atoms with Gasteiger partial charge in [0.15, 0.2) is 5.78 Å². The van der Waals surface area contributed by atoms with Crippen LogP contribution < -0.4 is 10.6 Å². The largest absolute Gasteiger partial charge is 0.325 e. The fourth-order valence-corrected chi connectivity index (χ4v) is 4.38. The number of carbonyl (C=O) groups is 3. The van der Waals surface area contributed by atoms with Crippen molar-refractivity contribution in [2.75, 3.05) is 49.9 Å². The number of hydrogen-bond acceptors (Lipinski definition) is 5. The van der Waals surface area contributed by atoms with Gasteiger partial charge in [-0.25, -0.2) is 0 Å². The predicted molar refractivity (Wildman–Crippen MR) is 142 cm³/mol. The van der Waals surface area contributed by atoms with Crippen molar-refractivity contribution in [1.29, 1.82) is 0 Å². The molecule has 0 spiro atoms. The molecule has 1 aliphatic heterocycles. The Balaban J connectivity index is 1.26. The summed E-state index contributed by atoms with van der Waals surface area (Å²) in [5.74, 6) is -0.313. The van der Waals surface area contributed by atoms with E-state index in [2.05, 4.69) is 27.4 Å². The van der Waals surface area contributed by atoms with Crippen molar-refractivity contribution in [3.8, 4) is 0 Å². The fourth-order valence-electron chi connectivity index (χ4n) is 4.38. The molecule has 1 saturated heterocycles. The summed E-state index contributed by atoms with van der Waals surface area (Å²) in [7, 11) is 0. The number of ketones is 1. The molecular formula is C29H32N4O3. The highest BCUT2D eigenvalue weighted by atomic mass is 16.2. The summed E-state index contributed by atoms with van der Waals surface area (Å²) in [5, 5.41) is 5.93. The Kier molecular flexibility index (Phi) is 8.60. The summed E-state index contributed by atoms with van der Waals surface area (Å²) in [4.78, 5) is 42.4. The Morgan fingerprint density at radius 1 is 0.667 bits per heavy atom. The topological polar surface area (TPSA) is 81.8 Å². The molecule has 0 atom stereocenters. The standard InChI is InChI=1S/C29H32N4O3/c1-2-22-10-6-8-14-25(22)30-27(34)20-32-16-18-33(19-17-32)21-28(35)31-26-15-9-7-13-24(26)29(36)23-11-4-3-5-12-23/h3-15H,2,16-21H2,1H3,(H,30,34)(H,31,35). The lowest BCUT2D eigenvalue weighted by Crippen LogP contribution is -2.50. The SMILES string of the molecule is CCc1ccccc1NC(=O)CN1CCN(CC(=O)Nc2ccccc2C(=O)c2ccccc2)CC1. The monoisotopic (exact) mass is 484 g/mol. The summed E-state index contributed by atoms with van der Waals surface area (Å²) in [6, 6.07) is 24.0. The van der Waals surface area contributed by atoms with Crippen LogP contribution >= 0.6 is 0 Å². The number of anilines is 2. The van der Waals surface area contributed by atoms with Crippen LogP contribution in [0.1, 0.15) is 28.4 Å². The average Bonchev–Trinajstić information content (AvgIpc) is 2.90. The summed E-state index contributed by atoms with van der Waals surface area (Å²) in [5.41, 5.74) is 3.55. The van der Waals surface area contributed by atoms with Gasteiger partial charge in [-0.15, -0.1) is 0 Å². The molecule has 0 saturated carbocycles. The number of amides is 2. The van der Waals surface area contributed by atoms with E-state index in [4.69, 9.17) is 0 Å². The van der Waals surface area contributed by atoms with Crippen molar-refractivity contribution in [3.05, 3.63) is 95.6 Å². The number of nitrogens with zero attached hydrogens (tertiary/aromatic N) is 2. The second-order valence-electron chi connectivity index (χ2n) is 8.90. The maximum Gasteiger partial charge on any atom is 0.238 e. The normalized spacial score (nSPS) is 14.2. The quantitative estimate of drug-likeness (QED) is 0.453. The Labute approximate surface area is 212 Å². The molecule has 1 fully saturated rings. The van der Waals surface area contributed by atoms with Gasteiger partial charge in [0.25, 0.3) is 0 Å². The molecule has 1 heterocycles. The van der Waals surface area contributed by atoms with Crippen LogP contribution in [0.3, 0.4) is 0 Å². The molecule has 2 N–H and O–H groups in total. The molecule has 7 nitrogen and oxygen atoms in total. The van der Waals surface area contributed by atoms with E-state index in [0.717, 1.165) is 17.7 Å². The van der Waals surface area contributed by atoms with Gasteiger partial charge in [0.05, 0.1) is 18.8 Å². The van der Waals surface area contributed by atoms with Gasteiger partial charge >= 0.3 is 0 Å². The summed E-state index contributed by atoms with van der Waals surface area (Å²) >= 11 is 0. The number of hydrogen-bond donors (Lipinski definition) is 2. The molecule has 7 heteroatoms. The first kappa shape index (κ1) is 25.3. The van der Waals surface area contributed by atoms with Crippen LogP contribution in [0.4, 0.5) is 11.4 Å². The maximum atomic E-state index is 12.9. The highest BCUT2D eigenvalue weighted by Crippen LogP contribution is 2.20. The number of piperazine rings is 1. The number of aryl methyl sites for hydroxylation is 1. The molecule has 1 aliphatic rings. The average molecular weight is 485 g/mol. The van der Waals surface area contributed by atoms with Crippen LogP contribution in [-0.2, 0) is 16.0 Å². The third kappa shape index (κ3) is 6.65. The summed E-state index contributed by atoms with van der Waals surface area (Å²) < 4.78 is 0. The van der Waals surface area contributed by atoms with E-state index >= 15 is 0 Å². The lowest BCUT2D eigenvalue weighted by Gasteiger charge is -2.33. The van der Waals surface area contributed by atoms with E-state index in [1.54, 1.807) is 36.4 Å². The Bertz CT molecular complexity index is 1200. The second-order valence-corrected chi connectivity index (χ2v) is 8.90. The zero-order valence-electron chi connectivity index (χ0n) is 20.6. The summed E-state index contributed by atoms with van der Waals surface area (Å²) in [6.07, 6.45) is 0.863. The molecule has 3 aromatic carbocycles. The molecule has 0 bridgehead atoms. The van der Waals surface area contributed by atoms with Gasteiger partial charge in [0.1, 0.15) is 0 Å². The number of benzene rings is 3. The molecule has 0 unspecified atom stereocenters. The first-order valence-corrected chi connectivity index (χ1v) is 12.3. The van der Waals surface area contributed by atoms with Crippen LogP contribution in [0, 0.1) is 0 Å². The number of carbonyl (C=O) groups excluding carboxylic acids is 3. The van der Waals surface area contributed by atoms with Gasteiger partial charge in [-0.2, -0.15) is 0 Å². The number of nitrogens with one attached hydrogen (secondary N) is 2. The van der Waals surface area contributed by atoms with Gasteiger partial charge in [-0.3, -0.25) is 24.2 Å². The molecule has 4 rings (SSSR count). The lowest BCUT2D eigenvalue weighted by molar-refractivity contribution is -0.120. The van der Waals surface area contributed by atoms with Gasteiger partial charge in [-0.1, -0.05) is 67.6 Å². The van der Waals surface area contributed by atoms with E-state index < -0.39 is 0 Å². The van der Waals surface area contributed by atoms with Crippen molar-refractivity contribution in [2.45, 2.75) is 13.3 Å². The van der Waals surface area contributed by atoms with Crippen molar-refractivity contribution in [3.63, 3.8) is 0 Å². The van der Waals surface area contributed by atoms with Crippen molar-refractivity contribution in [2.24, 2.45) is 0 Å². The van der Waals surface area contributed by atoms with E-state index in [1.165, 1.54) is 0 Å². The Morgan fingerprint density at radius 3 is 1.78 bits per heavy atom. The number of rotatable bonds is 9. The van der Waals surface area contributed by atoms with Crippen molar-refractivity contribution < 1.29 is 14.4 Å². The van der Waals surface area contributed by atoms with Crippen LogP contribution in [-0.4, -0.2) is 66.7 Å². The zero-order chi connectivity index (χ0) is 25.3. The third-order valence-electron chi connectivity index (χ3n) is 6.35. The highest BCUT2D eigenvalue weighted by Gasteiger charge is 2.22. The maximum absolute atomic E-state index is 12.9.